The monoisotopic (exact) mass is 253 g/mol. The van der Waals surface area contributed by atoms with Gasteiger partial charge in [-0.25, -0.2) is 0 Å². The van der Waals surface area contributed by atoms with Gasteiger partial charge in [-0.05, 0) is 58.5 Å². The number of likely N-dealkylation sites (tertiary alicyclic amines) is 1. The minimum absolute atomic E-state index is 0.483. The highest BCUT2D eigenvalue weighted by atomic mass is 16.4. The zero-order valence-corrected chi connectivity index (χ0v) is 11.8. The molecule has 2 rings (SSSR count). The Bertz CT molecular complexity index is 289. The molecule has 0 spiro atoms. The Morgan fingerprint density at radius 1 is 1.22 bits per heavy atom. The molecule has 0 bridgehead atoms. The first kappa shape index (κ1) is 13.9. The summed E-state index contributed by atoms with van der Waals surface area (Å²) in [4.78, 5) is 13.8. The van der Waals surface area contributed by atoms with E-state index in [2.05, 4.69) is 11.8 Å². The Morgan fingerprint density at radius 2 is 1.78 bits per heavy atom. The predicted octanol–water partition coefficient (Wildman–Crippen LogP) is 3.14. The number of hydrogen-bond acceptors (Lipinski definition) is 2. The van der Waals surface area contributed by atoms with Crippen LogP contribution >= 0.6 is 0 Å². The molecule has 3 heteroatoms. The summed E-state index contributed by atoms with van der Waals surface area (Å²) in [5, 5.41) is 9.25. The minimum Gasteiger partial charge on any atom is -0.481 e. The maximum atomic E-state index is 11.2. The second-order valence-electron chi connectivity index (χ2n) is 6.54. The van der Waals surface area contributed by atoms with E-state index in [0.717, 1.165) is 31.8 Å². The molecule has 0 aromatic heterocycles. The van der Waals surface area contributed by atoms with Gasteiger partial charge in [0.2, 0.25) is 0 Å². The fourth-order valence-corrected chi connectivity index (χ4v) is 3.55. The second-order valence-corrected chi connectivity index (χ2v) is 6.54. The van der Waals surface area contributed by atoms with Crippen molar-refractivity contribution in [3.8, 4) is 0 Å². The number of carboxylic acid groups (broad SMARTS) is 1. The molecule has 1 aliphatic carbocycles. The van der Waals surface area contributed by atoms with E-state index in [0.29, 0.717) is 6.04 Å². The maximum Gasteiger partial charge on any atom is 0.309 e. The third kappa shape index (κ3) is 2.87. The third-order valence-corrected chi connectivity index (χ3v) is 5.33. The molecule has 1 saturated heterocycles. The minimum atomic E-state index is -0.618. The van der Waals surface area contributed by atoms with Crippen LogP contribution in [0.5, 0.6) is 0 Å². The molecule has 1 saturated carbocycles. The normalized spacial score (nSPS) is 27.9. The molecule has 2 aliphatic rings. The zero-order chi connectivity index (χ0) is 13.2. The topological polar surface area (TPSA) is 40.5 Å². The van der Waals surface area contributed by atoms with Gasteiger partial charge in [-0.2, -0.15) is 0 Å². The molecular weight excluding hydrogens is 226 g/mol. The van der Waals surface area contributed by atoms with E-state index in [-0.39, 0.29) is 0 Å². The van der Waals surface area contributed by atoms with Crippen LogP contribution < -0.4 is 0 Å². The molecule has 1 heterocycles. The Labute approximate surface area is 111 Å². The molecule has 0 aromatic carbocycles. The molecular formula is C15H27NO2. The number of carboxylic acids is 1. The van der Waals surface area contributed by atoms with E-state index in [4.69, 9.17) is 0 Å². The molecule has 0 amide bonds. The number of rotatable bonds is 3. The lowest BCUT2D eigenvalue weighted by atomic mass is 9.78. The van der Waals surface area contributed by atoms with Gasteiger partial charge in [0.1, 0.15) is 0 Å². The van der Waals surface area contributed by atoms with Gasteiger partial charge in [0, 0.05) is 6.04 Å². The van der Waals surface area contributed by atoms with E-state index in [1.54, 1.807) is 0 Å². The van der Waals surface area contributed by atoms with Gasteiger partial charge in [0.25, 0.3) is 0 Å². The number of hydrogen-bond donors (Lipinski definition) is 1. The Hall–Kier alpha value is -0.570. The molecule has 1 N–H and O–H groups in total. The van der Waals surface area contributed by atoms with E-state index in [1.165, 1.54) is 32.1 Å². The van der Waals surface area contributed by atoms with E-state index in [9.17, 15) is 9.90 Å². The molecule has 0 radical (unpaired) electrons. The molecule has 3 nitrogen and oxygen atoms in total. The lowest BCUT2D eigenvalue weighted by Gasteiger charge is -2.42. The van der Waals surface area contributed by atoms with Crippen molar-refractivity contribution in [2.24, 2.45) is 11.3 Å². The van der Waals surface area contributed by atoms with Gasteiger partial charge in [0.05, 0.1) is 5.41 Å². The molecule has 0 aromatic rings. The average molecular weight is 253 g/mol. The van der Waals surface area contributed by atoms with Gasteiger partial charge in [-0.15, -0.1) is 0 Å². The lowest BCUT2D eigenvalue weighted by Crippen LogP contribution is -2.48. The van der Waals surface area contributed by atoms with Crippen LogP contribution in [0.1, 0.15) is 58.8 Å². The number of carbonyl (C=O) groups is 1. The summed E-state index contributed by atoms with van der Waals surface area (Å²) in [5.74, 6) is 0.223. The lowest BCUT2D eigenvalue weighted by molar-refractivity contribution is -0.151. The standard InChI is InChI=1S/C15H27NO2/c1-12(13-6-4-3-5-7-13)16-10-8-15(2,9-11-16)14(17)18/h12-13H,3-11H2,1-2H3,(H,17,18). The van der Waals surface area contributed by atoms with Crippen LogP contribution in [0.4, 0.5) is 0 Å². The Morgan fingerprint density at radius 3 is 2.28 bits per heavy atom. The fraction of sp³-hybridized carbons (Fsp3) is 0.933. The number of aliphatic carboxylic acids is 1. The summed E-state index contributed by atoms with van der Waals surface area (Å²) < 4.78 is 0. The molecule has 1 atom stereocenters. The van der Waals surface area contributed by atoms with Crippen molar-refractivity contribution < 1.29 is 9.90 Å². The summed E-state index contributed by atoms with van der Waals surface area (Å²) in [6.07, 6.45) is 8.52. The Kier molecular flexibility index (Phi) is 4.31. The van der Waals surface area contributed by atoms with Crippen LogP contribution in [-0.4, -0.2) is 35.1 Å². The van der Waals surface area contributed by atoms with Crippen molar-refractivity contribution in [2.45, 2.75) is 64.8 Å². The highest BCUT2D eigenvalue weighted by Gasteiger charge is 2.38. The summed E-state index contributed by atoms with van der Waals surface area (Å²) in [7, 11) is 0. The van der Waals surface area contributed by atoms with Crippen LogP contribution in [0.25, 0.3) is 0 Å². The summed E-state index contributed by atoms with van der Waals surface area (Å²) >= 11 is 0. The molecule has 2 fully saturated rings. The van der Waals surface area contributed by atoms with Gasteiger partial charge in [0.15, 0.2) is 0 Å². The van der Waals surface area contributed by atoms with Gasteiger partial charge >= 0.3 is 5.97 Å². The van der Waals surface area contributed by atoms with Crippen LogP contribution in [0, 0.1) is 11.3 Å². The van der Waals surface area contributed by atoms with E-state index < -0.39 is 11.4 Å². The van der Waals surface area contributed by atoms with Crippen LogP contribution in [0.2, 0.25) is 0 Å². The van der Waals surface area contributed by atoms with Gasteiger partial charge < -0.3 is 10.0 Å². The van der Waals surface area contributed by atoms with Crippen molar-refractivity contribution in [3.63, 3.8) is 0 Å². The average Bonchev–Trinajstić information content (AvgIpc) is 2.40. The van der Waals surface area contributed by atoms with E-state index in [1.807, 2.05) is 6.92 Å². The number of nitrogens with zero attached hydrogens (tertiary/aromatic N) is 1. The van der Waals surface area contributed by atoms with Crippen molar-refractivity contribution in [2.75, 3.05) is 13.1 Å². The van der Waals surface area contributed by atoms with Gasteiger partial charge in [-0.1, -0.05) is 19.3 Å². The molecule has 18 heavy (non-hydrogen) atoms. The zero-order valence-electron chi connectivity index (χ0n) is 11.8. The second kappa shape index (κ2) is 5.60. The smallest absolute Gasteiger partial charge is 0.309 e. The quantitative estimate of drug-likeness (QED) is 0.840. The first-order valence-electron chi connectivity index (χ1n) is 7.50. The summed E-state index contributed by atoms with van der Waals surface area (Å²) in [6, 6.07) is 0.642. The highest BCUT2D eigenvalue weighted by Crippen LogP contribution is 2.35. The largest absolute Gasteiger partial charge is 0.481 e. The fourth-order valence-electron chi connectivity index (χ4n) is 3.55. The first-order valence-corrected chi connectivity index (χ1v) is 7.50. The van der Waals surface area contributed by atoms with Crippen molar-refractivity contribution in [1.82, 2.24) is 4.90 Å². The predicted molar refractivity (Wildman–Crippen MR) is 72.6 cm³/mol. The maximum absolute atomic E-state index is 11.2. The Balaban J connectivity index is 1.87. The van der Waals surface area contributed by atoms with Crippen molar-refractivity contribution >= 4 is 5.97 Å². The van der Waals surface area contributed by atoms with E-state index >= 15 is 0 Å². The molecule has 104 valence electrons. The first-order chi connectivity index (χ1) is 8.53. The highest BCUT2D eigenvalue weighted by molar-refractivity contribution is 5.74. The summed E-state index contributed by atoms with van der Waals surface area (Å²) in [6.45, 7) is 6.16. The SMILES string of the molecule is CC(C1CCCCC1)N1CCC(C)(C(=O)O)CC1. The van der Waals surface area contributed by atoms with Gasteiger partial charge in [-0.3, -0.25) is 4.79 Å². The third-order valence-electron chi connectivity index (χ3n) is 5.33. The van der Waals surface area contributed by atoms with Crippen molar-refractivity contribution in [3.05, 3.63) is 0 Å². The number of piperidine rings is 1. The van der Waals surface area contributed by atoms with Crippen LogP contribution in [-0.2, 0) is 4.79 Å². The van der Waals surface area contributed by atoms with Crippen LogP contribution in [0.15, 0.2) is 0 Å². The van der Waals surface area contributed by atoms with Crippen molar-refractivity contribution in [1.29, 1.82) is 0 Å². The molecule has 1 aliphatic heterocycles. The van der Waals surface area contributed by atoms with Crippen LogP contribution in [0.3, 0.4) is 0 Å². The molecule has 1 unspecified atom stereocenters. The summed E-state index contributed by atoms with van der Waals surface area (Å²) in [5.41, 5.74) is -0.483.